The molecule has 0 atom stereocenters. The minimum absolute atomic E-state index is 0.313. The van der Waals surface area contributed by atoms with Gasteiger partial charge in [0.15, 0.2) is 0 Å². The van der Waals surface area contributed by atoms with Gasteiger partial charge >= 0.3 is 5.97 Å². The number of rotatable bonds is 3. The predicted molar refractivity (Wildman–Crippen MR) is 74.5 cm³/mol. The Hall–Kier alpha value is -2.96. The van der Waals surface area contributed by atoms with Gasteiger partial charge in [0.05, 0.1) is 6.54 Å². The molecule has 0 spiro atoms. The zero-order valence-corrected chi connectivity index (χ0v) is 11.2. The van der Waals surface area contributed by atoms with E-state index in [0.29, 0.717) is 12.3 Å². The van der Waals surface area contributed by atoms with Crippen LogP contribution >= 0.6 is 0 Å². The van der Waals surface area contributed by atoms with E-state index in [-0.39, 0.29) is 5.56 Å². The largest absolute Gasteiger partial charge is 0.477 e. The zero-order chi connectivity index (χ0) is 15.0. The Morgan fingerprint density at radius 2 is 2.10 bits per heavy atom. The fourth-order valence-electron chi connectivity index (χ4n) is 2.19. The topological polar surface area (TPSA) is 89.5 Å². The monoisotopic (exact) mass is 284 g/mol. The fraction of sp³-hybridized carbons (Fsp3) is 0.143. The Labute approximate surface area is 119 Å². The van der Waals surface area contributed by atoms with Crippen LogP contribution in [0.15, 0.2) is 41.6 Å². The van der Waals surface area contributed by atoms with Gasteiger partial charge in [-0.15, -0.1) is 0 Å². The summed E-state index contributed by atoms with van der Waals surface area (Å²) in [6.07, 6.45) is 2.54. The molecule has 0 bridgehead atoms. The predicted octanol–water partition coefficient (Wildman–Crippen LogP) is 0.946. The molecule has 106 valence electrons. The van der Waals surface area contributed by atoms with Crippen LogP contribution in [0.3, 0.4) is 0 Å². The van der Waals surface area contributed by atoms with Crippen LogP contribution in [0.1, 0.15) is 21.5 Å². The molecule has 0 fully saturated rings. The average Bonchev–Trinajstić information content (AvgIpc) is 2.94. The van der Waals surface area contributed by atoms with E-state index in [1.807, 2.05) is 31.2 Å². The summed E-state index contributed by atoms with van der Waals surface area (Å²) in [7, 11) is 0. The number of hydrogen-bond donors (Lipinski definition) is 1. The van der Waals surface area contributed by atoms with E-state index in [1.165, 1.54) is 12.5 Å². The second kappa shape index (κ2) is 4.86. The van der Waals surface area contributed by atoms with Crippen LogP contribution < -0.4 is 5.56 Å². The molecule has 1 aromatic carbocycles. The van der Waals surface area contributed by atoms with Crippen molar-refractivity contribution >= 4 is 11.7 Å². The van der Waals surface area contributed by atoms with E-state index in [2.05, 4.69) is 10.1 Å². The molecule has 0 saturated heterocycles. The number of aromatic carboxylic acids is 1. The number of fused-ring (bicyclic) bond motifs is 1. The highest BCUT2D eigenvalue weighted by Gasteiger charge is 2.16. The average molecular weight is 284 g/mol. The number of nitrogens with zero attached hydrogens (tertiary/aromatic N) is 4. The molecule has 0 aliphatic rings. The molecule has 3 aromatic rings. The molecule has 7 heteroatoms. The summed E-state index contributed by atoms with van der Waals surface area (Å²) in [5.74, 6) is -0.968. The third-order valence-corrected chi connectivity index (χ3v) is 3.33. The van der Waals surface area contributed by atoms with Gasteiger partial charge in [0, 0.05) is 6.20 Å². The molecule has 0 saturated carbocycles. The van der Waals surface area contributed by atoms with E-state index >= 15 is 0 Å². The van der Waals surface area contributed by atoms with Crippen LogP contribution in [0, 0.1) is 6.92 Å². The van der Waals surface area contributed by atoms with Crippen molar-refractivity contribution < 1.29 is 9.90 Å². The maximum absolute atomic E-state index is 12.0. The van der Waals surface area contributed by atoms with Crippen molar-refractivity contribution in [2.24, 2.45) is 0 Å². The maximum atomic E-state index is 12.0. The fourth-order valence-corrected chi connectivity index (χ4v) is 2.19. The second-order valence-electron chi connectivity index (χ2n) is 4.68. The van der Waals surface area contributed by atoms with Crippen molar-refractivity contribution in [3.05, 3.63) is 63.8 Å². The van der Waals surface area contributed by atoms with Gasteiger partial charge in [0.1, 0.15) is 11.9 Å². The van der Waals surface area contributed by atoms with Gasteiger partial charge in [-0.05, 0) is 18.1 Å². The lowest BCUT2D eigenvalue weighted by molar-refractivity contribution is 0.0693. The third-order valence-electron chi connectivity index (χ3n) is 3.33. The standard InChI is InChI=1S/C14H12N4O3/c1-9-4-2-3-5-10(9)6-17-7-11(13(20)21)12(19)18-14(17)15-8-16-18/h2-5,7-8H,6H2,1H3,(H,20,21). The van der Waals surface area contributed by atoms with Gasteiger partial charge in [-0.3, -0.25) is 4.79 Å². The molecule has 21 heavy (non-hydrogen) atoms. The van der Waals surface area contributed by atoms with Gasteiger partial charge in [-0.2, -0.15) is 14.6 Å². The smallest absolute Gasteiger partial charge is 0.342 e. The maximum Gasteiger partial charge on any atom is 0.342 e. The van der Waals surface area contributed by atoms with Gasteiger partial charge in [0.25, 0.3) is 5.56 Å². The van der Waals surface area contributed by atoms with E-state index < -0.39 is 11.5 Å². The molecule has 2 aromatic heterocycles. The molecule has 0 aliphatic carbocycles. The van der Waals surface area contributed by atoms with Gasteiger partial charge in [-0.25, -0.2) is 4.79 Å². The van der Waals surface area contributed by atoms with Gasteiger partial charge < -0.3 is 9.67 Å². The molecule has 0 amide bonds. The van der Waals surface area contributed by atoms with Crippen molar-refractivity contribution in [1.82, 2.24) is 19.2 Å². The van der Waals surface area contributed by atoms with Crippen LogP contribution in [0.25, 0.3) is 5.78 Å². The minimum Gasteiger partial charge on any atom is -0.477 e. The molecule has 2 heterocycles. The van der Waals surface area contributed by atoms with Gasteiger partial charge in [-0.1, -0.05) is 24.3 Å². The second-order valence-corrected chi connectivity index (χ2v) is 4.68. The lowest BCUT2D eigenvalue weighted by atomic mass is 10.1. The normalized spacial score (nSPS) is 10.9. The first kappa shape index (κ1) is 13.0. The Kier molecular flexibility index (Phi) is 3.02. The summed E-state index contributed by atoms with van der Waals surface area (Å²) in [4.78, 5) is 27.2. The molecular formula is C14H12N4O3. The number of aromatic nitrogens is 4. The number of carboxylic acids is 1. The van der Waals surface area contributed by atoms with Crippen LogP contribution in [0.5, 0.6) is 0 Å². The Bertz CT molecular complexity index is 895. The third kappa shape index (κ3) is 2.18. The highest BCUT2D eigenvalue weighted by molar-refractivity contribution is 5.86. The van der Waals surface area contributed by atoms with E-state index in [1.54, 1.807) is 4.57 Å². The molecular weight excluding hydrogens is 272 g/mol. The zero-order valence-electron chi connectivity index (χ0n) is 11.2. The van der Waals surface area contributed by atoms with E-state index in [4.69, 9.17) is 5.11 Å². The Balaban J connectivity index is 2.21. The first-order valence-electron chi connectivity index (χ1n) is 6.29. The minimum atomic E-state index is -1.28. The highest BCUT2D eigenvalue weighted by Crippen LogP contribution is 2.11. The SMILES string of the molecule is Cc1ccccc1Cn1cc(C(=O)O)c(=O)n2ncnc12. The highest BCUT2D eigenvalue weighted by atomic mass is 16.4. The lowest BCUT2D eigenvalue weighted by Gasteiger charge is -2.11. The lowest BCUT2D eigenvalue weighted by Crippen LogP contribution is -2.26. The quantitative estimate of drug-likeness (QED) is 0.773. The molecule has 7 nitrogen and oxygen atoms in total. The van der Waals surface area contributed by atoms with E-state index in [0.717, 1.165) is 15.6 Å². The van der Waals surface area contributed by atoms with Crippen molar-refractivity contribution in [1.29, 1.82) is 0 Å². The molecule has 0 unspecified atom stereocenters. The van der Waals surface area contributed by atoms with Gasteiger partial charge in [0.2, 0.25) is 5.78 Å². The number of carbonyl (C=O) groups is 1. The van der Waals surface area contributed by atoms with Crippen LogP contribution in [0.2, 0.25) is 0 Å². The Morgan fingerprint density at radius 3 is 2.81 bits per heavy atom. The van der Waals surface area contributed by atoms with Crippen molar-refractivity contribution in [3.63, 3.8) is 0 Å². The summed E-state index contributed by atoms with van der Waals surface area (Å²) in [5, 5.41) is 12.9. The van der Waals surface area contributed by atoms with Crippen LogP contribution in [0.4, 0.5) is 0 Å². The number of benzene rings is 1. The Morgan fingerprint density at radius 1 is 1.33 bits per heavy atom. The van der Waals surface area contributed by atoms with Crippen LogP contribution in [-0.2, 0) is 6.54 Å². The number of carboxylic acid groups (broad SMARTS) is 1. The summed E-state index contributed by atoms with van der Waals surface area (Å²) < 4.78 is 2.61. The van der Waals surface area contributed by atoms with E-state index in [9.17, 15) is 9.59 Å². The summed E-state index contributed by atoms with van der Waals surface area (Å²) in [6.45, 7) is 2.38. The molecule has 0 radical (unpaired) electrons. The number of aryl methyl sites for hydroxylation is 1. The van der Waals surface area contributed by atoms with Crippen molar-refractivity contribution in [2.45, 2.75) is 13.5 Å². The first-order chi connectivity index (χ1) is 10.1. The van der Waals surface area contributed by atoms with Crippen molar-refractivity contribution in [2.75, 3.05) is 0 Å². The first-order valence-corrected chi connectivity index (χ1v) is 6.29. The molecule has 0 aliphatic heterocycles. The summed E-state index contributed by atoms with van der Waals surface area (Å²) in [5.41, 5.74) is 1.07. The van der Waals surface area contributed by atoms with Crippen LogP contribution in [-0.4, -0.2) is 30.2 Å². The molecule has 1 N–H and O–H groups in total. The number of hydrogen-bond acceptors (Lipinski definition) is 4. The summed E-state index contributed by atoms with van der Waals surface area (Å²) >= 11 is 0. The summed E-state index contributed by atoms with van der Waals surface area (Å²) in [6, 6.07) is 7.75. The van der Waals surface area contributed by atoms with Crippen molar-refractivity contribution in [3.8, 4) is 0 Å². The molecule has 3 rings (SSSR count).